The monoisotopic (exact) mass is 268 g/mol. The zero-order valence-electron chi connectivity index (χ0n) is 5.89. The molecule has 1 aliphatic rings. The first kappa shape index (κ1) is 8.76. The number of rotatable bonds is 2. The molecule has 62 valence electrons. The van der Waals surface area contributed by atoms with Gasteiger partial charge in [0.15, 0.2) is 0 Å². The number of urea groups is 1. The van der Waals surface area contributed by atoms with Gasteiger partial charge >= 0.3 is 6.03 Å². The summed E-state index contributed by atoms with van der Waals surface area (Å²) < 4.78 is 0.315. The number of hydrogen-bond acceptors (Lipinski definition) is 2. The third kappa shape index (κ3) is 3.54. The fraction of sp³-hybridized carbons (Fsp3) is 0.667. The van der Waals surface area contributed by atoms with Crippen molar-refractivity contribution in [2.45, 2.75) is 18.9 Å². The van der Waals surface area contributed by atoms with Crippen LogP contribution in [0, 0.1) is 0 Å². The standard InChI is InChI=1S/C6H9IN2O2/c7-3-5(10)9-6(11)8-4-1-2-4/h4H,1-3H2,(H2,8,9,10,11). The Labute approximate surface area is 78.2 Å². The molecular formula is C6H9IN2O2. The lowest BCUT2D eigenvalue weighted by molar-refractivity contribution is -0.117. The molecule has 5 heteroatoms. The highest BCUT2D eigenvalue weighted by Crippen LogP contribution is 2.18. The van der Waals surface area contributed by atoms with Crippen LogP contribution in [0.15, 0.2) is 0 Å². The van der Waals surface area contributed by atoms with Gasteiger partial charge in [-0.2, -0.15) is 0 Å². The molecule has 0 heterocycles. The van der Waals surface area contributed by atoms with Crippen molar-refractivity contribution < 1.29 is 9.59 Å². The van der Waals surface area contributed by atoms with E-state index in [1.54, 1.807) is 0 Å². The zero-order chi connectivity index (χ0) is 8.27. The molecule has 1 rings (SSSR count). The second-order valence-electron chi connectivity index (χ2n) is 2.43. The first-order valence-corrected chi connectivity index (χ1v) is 4.91. The molecule has 0 aromatic carbocycles. The van der Waals surface area contributed by atoms with Crippen molar-refractivity contribution in [3.05, 3.63) is 0 Å². The molecule has 1 aliphatic carbocycles. The van der Waals surface area contributed by atoms with Crippen LogP contribution in [0.5, 0.6) is 0 Å². The summed E-state index contributed by atoms with van der Waals surface area (Å²) in [5.74, 6) is -0.247. The average Bonchev–Trinajstić information content (AvgIpc) is 2.71. The first-order chi connectivity index (χ1) is 5.22. The van der Waals surface area contributed by atoms with Crippen LogP contribution < -0.4 is 10.6 Å². The van der Waals surface area contributed by atoms with Crippen LogP contribution in [-0.4, -0.2) is 22.4 Å². The van der Waals surface area contributed by atoms with Gasteiger partial charge in [-0.1, -0.05) is 22.6 Å². The second kappa shape index (κ2) is 3.89. The maximum atomic E-state index is 10.8. The van der Waals surface area contributed by atoms with Gasteiger partial charge in [0.2, 0.25) is 5.91 Å². The molecule has 4 nitrogen and oxygen atoms in total. The summed E-state index contributed by atoms with van der Waals surface area (Å²) in [6.07, 6.45) is 2.07. The van der Waals surface area contributed by atoms with Crippen LogP contribution in [-0.2, 0) is 4.79 Å². The molecule has 0 atom stereocenters. The van der Waals surface area contributed by atoms with Crippen molar-refractivity contribution in [1.29, 1.82) is 0 Å². The number of carbonyl (C=O) groups is 2. The summed E-state index contributed by atoms with van der Waals surface area (Å²) in [6, 6.07) is -0.0637. The predicted molar refractivity (Wildman–Crippen MR) is 48.6 cm³/mol. The van der Waals surface area contributed by atoms with E-state index in [4.69, 9.17) is 0 Å². The lowest BCUT2D eigenvalue weighted by atomic mass is 10.6. The Morgan fingerprint density at radius 2 is 2.09 bits per heavy atom. The lowest BCUT2D eigenvalue weighted by Gasteiger charge is -2.02. The minimum absolute atomic E-state index is 0.247. The van der Waals surface area contributed by atoms with Crippen LogP contribution in [0.1, 0.15) is 12.8 Å². The van der Waals surface area contributed by atoms with Gasteiger partial charge in [-0.25, -0.2) is 4.79 Å². The Morgan fingerprint density at radius 1 is 1.45 bits per heavy atom. The normalized spacial score (nSPS) is 15.7. The van der Waals surface area contributed by atoms with E-state index in [1.165, 1.54) is 0 Å². The fourth-order valence-corrected chi connectivity index (χ4v) is 0.800. The molecule has 0 bridgehead atoms. The van der Waals surface area contributed by atoms with E-state index in [0.717, 1.165) is 12.8 Å². The number of hydrogen-bond donors (Lipinski definition) is 2. The summed E-state index contributed by atoms with van der Waals surface area (Å²) in [5, 5.41) is 4.85. The third-order valence-corrected chi connectivity index (χ3v) is 1.98. The van der Waals surface area contributed by atoms with E-state index in [1.807, 2.05) is 22.6 Å². The maximum absolute atomic E-state index is 10.8. The van der Waals surface area contributed by atoms with E-state index in [-0.39, 0.29) is 11.9 Å². The van der Waals surface area contributed by atoms with Gasteiger partial charge in [-0.05, 0) is 12.8 Å². The second-order valence-corrected chi connectivity index (χ2v) is 3.19. The smallest absolute Gasteiger partial charge is 0.321 e. The Hall–Kier alpha value is -0.330. The van der Waals surface area contributed by atoms with E-state index in [0.29, 0.717) is 10.5 Å². The van der Waals surface area contributed by atoms with Crippen molar-refractivity contribution in [2.75, 3.05) is 4.43 Å². The zero-order valence-corrected chi connectivity index (χ0v) is 8.05. The van der Waals surface area contributed by atoms with Gasteiger partial charge in [-0.3, -0.25) is 10.1 Å². The van der Waals surface area contributed by atoms with Crippen molar-refractivity contribution in [3.8, 4) is 0 Å². The third-order valence-electron chi connectivity index (χ3n) is 1.29. The summed E-state index contributed by atoms with van der Waals surface area (Å²) in [6.45, 7) is 0. The van der Waals surface area contributed by atoms with Gasteiger partial charge in [0.25, 0.3) is 0 Å². The molecule has 3 amide bonds. The van der Waals surface area contributed by atoms with Gasteiger partial charge in [0.05, 0.1) is 4.43 Å². The molecule has 0 aliphatic heterocycles. The number of amides is 3. The van der Waals surface area contributed by atoms with Crippen LogP contribution >= 0.6 is 22.6 Å². The van der Waals surface area contributed by atoms with Crippen molar-refractivity contribution in [3.63, 3.8) is 0 Å². The molecule has 2 N–H and O–H groups in total. The quantitative estimate of drug-likeness (QED) is 0.563. The Kier molecular flexibility index (Phi) is 3.10. The molecule has 1 fully saturated rings. The highest BCUT2D eigenvalue weighted by Gasteiger charge is 2.23. The number of imide groups is 1. The van der Waals surface area contributed by atoms with E-state index >= 15 is 0 Å². The predicted octanol–water partition coefficient (Wildman–Crippen LogP) is 0.410. The molecule has 0 unspecified atom stereocenters. The van der Waals surface area contributed by atoms with Gasteiger partial charge in [0, 0.05) is 6.04 Å². The fourth-order valence-electron chi connectivity index (χ4n) is 0.609. The van der Waals surface area contributed by atoms with Crippen LogP contribution in [0.4, 0.5) is 4.79 Å². The van der Waals surface area contributed by atoms with Crippen LogP contribution in [0.25, 0.3) is 0 Å². The van der Waals surface area contributed by atoms with Gasteiger partial charge < -0.3 is 5.32 Å². The van der Waals surface area contributed by atoms with Gasteiger partial charge in [0.1, 0.15) is 0 Å². The molecule has 0 spiro atoms. The lowest BCUT2D eigenvalue weighted by Crippen LogP contribution is -2.40. The van der Waals surface area contributed by atoms with Crippen molar-refractivity contribution in [1.82, 2.24) is 10.6 Å². The summed E-state index contributed by atoms with van der Waals surface area (Å²) in [5.41, 5.74) is 0. The minimum Gasteiger partial charge on any atom is -0.335 e. The first-order valence-electron chi connectivity index (χ1n) is 3.38. The summed E-state index contributed by atoms with van der Waals surface area (Å²) in [4.78, 5) is 21.5. The highest BCUT2D eigenvalue weighted by atomic mass is 127. The molecular weight excluding hydrogens is 259 g/mol. The molecule has 0 radical (unpaired) electrons. The maximum Gasteiger partial charge on any atom is 0.321 e. The Balaban J connectivity index is 2.13. The largest absolute Gasteiger partial charge is 0.335 e. The van der Waals surface area contributed by atoms with Crippen molar-refractivity contribution in [2.24, 2.45) is 0 Å². The molecule has 0 aromatic rings. The minimum atomic E-state index is -0.367. The molecule has 1 saturated carbocycles. The topological polar surface area (TPSA) is 58.2 Å². The highest BCUT2D eigenvalue weighted by molar-refractivity contribution is 14.1. The number of nitrogens with one attached hydrogen (secondary N) is 2. The Bertz CT molecular complexity index is 179. The van der Waals surface area contributed by atoms with Crippen molar-refractivity contribution >= 4 is 34.5 Å². The van der Waals surface area contributed by atoms with Crippen LogP contribution in [0.3, 0.4) is 0 Å². The van der Waals surface area contributed by atoms with Gasteiger partial charge in [-0.15, -0.1) is 0 Å². The molecule has 0 aromatic heterocycles. The van der Waals surface area contributed by atoms with Crippen LogP contribution in [0.2, 0.25) is 0 Å². The summed E-state index contributed by atoms with van der Waals surface area (Å²) in [7, 11) is 0. The number of halogens is 1. The summed E-state index contributed by atoms with van der Waals surface area (Å²) >= 11 is 1.90. The van der Waals surface area contributed by atoms with E-state index in [2.05, 4.69) is 10.6 Å². The van der Waals surface area contributed by atoms with E-state index in [9.17, 15) is 9.59 Å². The molecule has 0 saturated heterocycles. The number of carbonyl (C=O) groups excluding carboxylic acids is 2. The Morgan fingerprint density at radius 3 is 2.55 bits per heavy atom. The van der Waals surface area contributed by atoms with E-state index < -0.39 is 0 Å². The SMILES string of the molecule is O=C(CI)NC(=O)NC1CC1. The average molecular weight is 268 g/mol. The number of alkyl halides is 1. The molecule has 11 heavy (non-hydrogen) atoms.